The van der Waals surface area contributed by atoms with E-state index >= 15 is 0 Å². The first kappa shape index (κ1) is 17.3. The standard InChI is InChI=1S/C17H20N4O3S/c1-3-5-12-16(25-20-19-12)17(23)18-11-7-8-14(24-2)13(10-11)21-9-4-6-15(21)22/h7-8,10H,3-6,9H2,1-2H3,(H,18,23). The van der Waals surface area contributed by atoms with Crippen LogP contribution in [0.2, 0.25) is 0 Å². The molecule has 0 spiro atoms. The fraction of sp³-hybridized carbons (Fsp3) is 0.412. The van der Waals surface area contributed by atoms with Gasteiger partial charge < -0.3 is 15.0 Å². The van der Waals surface area contributed by atoms with Crippen LogP contribution in [0.25, 0.3) is 0 Å². The van der Waals surface area contributed by atoms with Gasteiger partial charge in [0.1, 0.15) is 10.6 Å². The lowest BCUT2D eigenvalue weighted by Gasteiger charge is -2.20. The van der Waals surface area contributed by atoms with E-state index in [2.05, 4.69) is 14.9 Å². The number of carbonyl (C=O) groups is 2. The van der Waals surface area contributed by atoms with Crippen LogP contribution < -0.4 is 15.0 Å². The second-order valence-electron chi connectivity index (χ2n) is 5.79. The maximum Gasteiger partial charge on any atom is 0.269 e. The summed E-state index contributed by atoms with van der Waals surface area (Å²) >= 11 is 1.09. The van der Waals surface area contributed by atoms with Crippen molar-refractivity contribution in [2.24, 2.45) is 0 Å². The number of ether oxygens (including phenoxy) is 1. The molecule has 1 aromatic carbocycles. The van der Waals surface area contributed by atoms with Gasteiger partial charge in [-0.05, 0) is 42.6 Å². The average molecular weight is 360 g/mol. The van der Waals surface area contributed by atoms with Gasteiger partial charge in [-0.25, -0.2) is 0 Å². The Balaban J connectivity index is 1.84. The first-order valence-corrected chi connectivity index (χ1v) is 9.02. The van der Waals surface area contributed by atoms with Gasteiger partial charge in [0, 0.05) is 18.7 Å². The van der Waals surface area contributed by atoms with Gasteiger partial charge in [0.15, 0.2) is 0 Å². The largest absolute Gasteiger partial charge is 0.495 e. The van der Waals surface area contributed by atoms with Crippen molar-refractivity contribution in [2.75, 3.05) is 23.9 Å². The van der Waals surface area contributed by atoms with E-state index in [-0.39, 0.29) is 11.8 Å². The van der Waals surface area contributed by atoms with Gasteiger partial charge >= 0.3 is 0 Å². The summed E-state index contributed by atoms with van der Waals surface area (Å²) in [7, 11) is 1.57. The number of rotatable bonds is 6. The molecule has 3 rings (SSSR count). The van der Waals surface area contributed by atoms with E-state index in [4.69, 9.17) is 4.74 Å². The van der Waals surface area contributed by atoms with Crippen molar-refractivity contribution >= 4 is 34.7 Å². The van der Waals surface area contributed by atoms with E-state index in [9.17, 15) is 9.59 Å². The zero-order valence-electron chi connectivity index (χ0n) is 14.2. The zero-order valence-corrected chi connectivity index (χ0v) is 15.1. The molecule has 1 aliphatic rings. The number of amides is 2. The number of carbonyl (C=O) groups excluding carboxylic acids is 2. The molecule has 0 aliphatic carbocycles. The number of methoxy groups -OCH3 is 1. The maximum absolute atomic E-state index is 12.5. The molecule has 8 heteroatoms. The van der Waals surface area contributed by atoms with E-state index in [1.54, 1.807) is 30.2 Å². The third-order valence-electron chi connectivity index (χ3n) is 4.05. The SMILES string of the molecule is CCCc1nnsc1C(=O)Nc1ccc(OC)c(N2CCCC2=O)c1. The van der Waals surface area contributed by atoms with Crippen molar-refractivity contribution < 1.29 is 14.3 Å². The molecule has 2 amide bonds. The first-order valence-electron chi connectivity index (χ1n) is 8.25. The highest BCUT2D eigenvalue weighted by Crippen LogP contribution is 2.34. The Morgan fingerprint density at radius 2 is 2.28 bits per heavy atom. The molecule has 25 heavy (non-hydrogen) atoms. The second-order valence-corrected chi connectivity index (χ2v) is 6.54. The molecule has 1 fully saturated rings. The predicted molar refractivity (Wildman–Crippen MR) is 96.4 cm³/mol. The minimum Gasteiger partial charge on any atom is -0.495 e. The van der Waals surface area contributed by atoms with E-state index < -0.39 is 0 Å². The van der Waals surface area contributed by atoms with Crippen molar-refractivity contribution in [1.82, 2.24) is 9.59 Å². The quantitative estimate of drug-likeness (QED) is 0.856. The summed E-state index contributed by atoms with van der Waals surface area (Å²) in [6.07, 6.45) is 2.98. The van der Waals surface area contributed by atoms with Gasteiger partial charge in [-0.2, -0.15) is 0 Å². The molecule has 1 aliphatic heterocycles. The smallest absolute Gasteiger partial charge is 0.269 e. The highest BCUT2D eigenvalue weighted by molar-refractivity contribution is 7.08. The van der Waals surface area contributed by atoms with Crippen LogP contribution in [-0.2, 0) is 11.2 Å². The number of aryl methyl sites for hydroxylation is 1. The predicted octanol–water partition coefficient (Wildman–Crippen LogP) is 2.88. The van der Waals surface area contributed by atoms with Crippen LogP contribution >= 0.6 is 11.5 Å². The minimum atomic E-state index is -0.234. The van der Waals surface area contributed by atoms with Crippen molar-refractivity contribution in [3.63, 3.8) is 0 Å². The number of anilines is 2. The molecule has 1 aromatic heterocycles. The normalized spacial score (nSPS) is 14.0. The lowest BCUT2D eigenvalue weighted by Crippen LogP contribution is -2.24. The number of nitrogens with one attached hydrogen (secondary N) is 1. The summed E-state index contributed by atoms with van der Waals surface area (Å²) in [5.41, 5.74) is 2.00. The van der Waals surface area contributed by atoms with Gasteiger partial charge in [-0.1, -0.05) is 17.8 Å². The Morgan fingerprint density at radius 1 is 1.44 bits per heavy atom. The molecular weight excluding hydrogens is 340 g/mol. The van der Waals surface area contributed by atoms with Crippen molar-refractivity contribution in [1.29, 1.82) is 0 Å². The average Bonchev–Trinajstić information content (AvgIpc) is 3.24. The van der Waals surface area contributed by atoms with Crippen LogP contribution in [0.15, 0.2) is 18.2 Å². The van der Waals surface area contributed by atoms with Crippen LogP contribution in [0.4, 0.5) is 11.4 Å². The van der Waals surface area contributed by atoms with Gasteiger partial charge in [-0.3, -0.25) is 9.59 Å². The van der Waals surface area contributed by atoms with Gasteiger partial charge in [0.25, 0.3) is 5.91 Å². The van der Waals surface area contributed by atoms with Crippen LogP contribution in [0.5, 0.6) is 5.75 Å². The highest BCUT2D eigenvalue weighted by atomic mass is 32.1. The lowest BCUT2D eigenvalue weighted by molar-refractivity contribution is -0.117. The van der Waals surface area contributed by atoms with E-state index in [1.807, 2.05) is 6.92 Å². The lowest BCUT2D eigenvalue weighted by atomic mass is 10.2. The molecule has 0 unspecified atom stereocenters. The second kappa shape index (κ2) is 7.60. The number of nitrogens with zero attached hydrogens (tertiary/aromatic N) is 3. The third-order valence-corrected chi connectivity index (χ3v) is 4.82. The molecule has 1 N–H and O–H groups in total. The Labute approximate surface area is 150 Å². The van der Waals surface area contributed by atoms with Crippen molar-refractivity contribution in [2.45, 2.75) is 32.6 Å². The molecule has 1 saturated heterocycles. The monoisotopic (exact) mass is 360 g/mol. The van der Waals surface area contributed by atoms with Gasteiger partial charge in [0.2, 0.25) is 5.91 Å². The summed E-state index contributed by atoms with van der Waals surface area (Å²) in [5.74, 6) is 0.445. The molecule has 2 aromatic rings. The summed E-state index contributed by atoms with van der Waals surface area (Å²) in [6.45, 7) is 2.69. The van der Waals surface area contributed by atoms with Crippen molar-refractivity contribution in [3.8, 4) is 5.75 Å². The molecule has 0 saturated carbocycles. The van der Waals surface area contributed by atoms with Crippen LogP contribution in [0.3, 0.4) is 0 Å². The summed E-state index contributed by atoms with van der Waals surface area (Å²) in [5, 5.41) is 6.89. The maximum atomic E-state index is 12.5. The minimum absolute atomic E-state index is 0.0682. The molecule has 0 bridgehead atoms. The number of hydrogen-bond donors (Lipinski definition) is 1. The van der Waals surface area contributed by atoms with E-state index in [0.29, 0.717) is 40.7 Å². The Bertz CT molecular complexity index is 790. The molecule has 0 atom stereocenters. The number of benzene rings is 1. The zero-order chi connectivity index (χ0) is 17.8. The summed E-state index contributed by atoms with van der Waals surface area (Å²) in [4.78, 5) is 26.8. The topological polar surface area (TPSA) is 84.4 Å². The van der Waals surface area contributed by atoms with Crippen molar-refractivity contribution in [3.05, 3.63) is 28.8 Å². The van der Waals surface area contributed by atoms with E-state index in [0.717, 1.165) is 30.8 Å². The summed E-state index contributed by atoms with van der Waals surface area (Å²) in [6, 6.07) is 5.29. The fourth-order valence-corrected chi connectivity index (χ4v) is 3.45. The molecule has 132 valence electrons. The first-order chi connectivity index (χ1) is 12.1. The van der Waals surface area contributed by atoms with Gasteiger partial charge in [-0.15, -0.1) is 5.10 Å². The Hall–Kier alpha value is -2.48. The van der Waals surface area contributed by atoms with Gasteiger partial charge in [0.05, 0.1) is 18.5 Å². The summed E-state index contributed by atoms with van der Waals surface area (Å²) < 4.78 is 9.24. The van der Waals surface area contributed by atoms with Crippen LogP contribution in [0.1, 0.15) is 41.6 Å². The van der Waals surface area contributed by atoms with Crippen LogP contribution in [-0.4, -0.2) is 35.1 Å². The Kier molecular flexibility index (Phi) is 5.28. The van der Waals surface area contributed by atoms with E-state index in [1.165, 1.54) is 0 Å². The Morgan fingerprint density at radius 3 is 2.96 bits per heavy atom. The number of hydrogen-bond acceptors (Lipinski definition) is 6. The molecule has 7 nitrogen and oxygen atoms in total. The third kappa shape index (κ3) is 3.63. The molecular formula is C17H20N4O3S. The molecule has 2 heterocycles. The number of aromatic nitrogens is 2. The molecule has 0 radical (unpaired) electrons. The highest BCUT2D eigenvalue weighted by Gasteiger charge is 2.25. The van der Waals surface area contributed by atoms with Crippen LogP contribution in [0, 0.1) is 0 Å². The fourth-order valence-electron chi connectivity index (χ4n) is 2.85.